The molecule has 1 fully saturated rings. The van der Waals surface area contributed by atoms with E-state index in [1.54, 1.807) is 18.2 Å². The van der Waals surface area contributed by atoms with Gasteiger partial charge < -0.3 is 14.6 Å². The summed E-state index contributed by atoms with van der Waals surface area (Å²) in [4.78, 5) is 28.6. The number of fused-ring (bicyclic) bond motifs is 1. The molecule has 2 unspecified atom stereocenters. The minimum Gasteiger partial charge on any atom is -0.467 e. The second kappa shape index (κ2) is 10.1. The van der Waals surface area contributed by atoms with Gasteiger partial charge in [0, 0.05) is 11.6 Å². The van der Waals surface area contributed by atoms with E-state index in [4.69, 9.17) is 4.42 Å². The Labute approximate surface area is 219 Å². The van der Waals surface area contributed by atoms with Gasteiger partial charge in [-0.2, -0.15) is 26.3 Å². The Morgan fingerprint density at radius 1 is 0.923 bits per heavy atom. The minimum atomic E-state index is -5.10. The summed E-state index contributed by atoms with van der Waals surface area (Å²) in [5.74, 6) is -2.21. The Morgan fingerprint density at radius 2 is 1.56 bits per heavy atom. The number of alkyl halides is 6. The van der Waals surface area contributed by atoms with E-state index in [-0.39, 0.29) is 35.5 Å². The van der Waals surface area contributed by atoms with Gasteiger partial charge in [0.2, 0.25) is 5.91 Å². The van der Waals surface area contributed by atoms with E-state index in [0.29, 0.717) is 25.0 Å². The molecule has 1 aliphatic heterocycles. The second-order valence-electron chi connectivity index (χ2n) is 9.85. The summed E-state index contributed by atoms with van der Waals surface area (Å²) in [6.07, 6.45) is -5.66. The van der Waals surface area contributed by atoms with Crippen LogP contribution in [0.5, 0.6) is 0 Å². The van der Waals surface area contributed by atoms with Crippen molar-refractivity contribution in [3.05, 3.63) is 94.4 Å². The average molecular weight is 550 g/mol. The summed E-state index contributed by atoms with van der Waals surface area (Å²) in [6.45, 7) is -0.268. The van der Waals surface area contributed by atoms with Crippen LogP contribution in [0.3, 0.4) is 0 Å². The van der Waals surface area contributed by atoms with Crippen LogP contribution < -0.4 is 5.32 Å². The molecule has 5 nitrogen and oxygen atoms in total. The Morgan fingerprint density at radius 3 is 2.15 bits per heavy atom. The topological polar surface area (TPSA) is 62.6 Å². The molecular weight excluding hydrogens is 526 g/mol. The molecule has 1 aromatic heterocycles. The van der Waals surface area contributed by atoms with E-state index in [0.717, 1.165) is 17.7 Å². The van der Waals surface area contributed by atoms with Crippen LogP contribution in [-0.2, 0) is 23.7 Å². The predicted octanol–water partition coefficient (Wildman–Crippen LogP) is 6.86. The summed E-state index contributed by atoms with van der Waals surface area (Å²) in [5.41, 5.74) is -3.10. The molecule has 2 heterocycles. The van der Waals surface area contributed by atoms with Crippen molar-refractivity contribution >= 4 is 11.8 Å². The summed E-state index contributed by atoms with van der Waals surface area (Å²) in [5, 5.41) is 2.93. The largest absolute Gasteiger partial charge is 0.467 e. The van der Waals surface area contributed by atoms with E-state index >= 15 is 0 Å². The molecule has 1 N–H and O–H groups in total. The molecule has 2 amide bonds. The van der Waals surface area contributed by atoms with Gasteiger partial charge in [-0.25, -0.2) is 0 Å². The molecule has 39 heavy (non-hydrogen) atoms. The Bertz CT molecular complexity index is 1330. The number of furan rings is 1. The Hall–Kier alpha value is -3.76. The number of nitrogens with one attached hydrogen (secondary N) is 1. The maximum Gasteiger partial charge on any atom is 0.416 e. The first-order chi connectivity index (χ1) is 18.4. The van der Waals surface area contributed by atoms with E-state index in [9.17, 15) is 35.9 Å². The number of amides is 2. The van der Waals surface area contributed by atoms with Crippen molar-refractivity contribution in [3.63, 3.8) is 0 Å². The highest BCUT2D eigenvalue weighted by atomic mass is 19.4. The summed E-state index contributed by atoms with van der Waals surface area (Å²) in [7, 11) is 0. The van der Waals surface area contributed by atoms with E-state index in [2.05, 4.69) is 5.32 Å². The van der Waals surface area contributed by atoms with E-state index < -0.39 is 52.8 Å². The molecule has 5 rings (SSSR count). The molecule has 2 aromatic carbocycles. The highest BCUT2D eigenvalue weighted by molar-refractivity contribution is 6.01. The predicted molar refractivity (Wildman–Crippen MR) is 127 cm³/mol. The van der Waals surface area contributed by atoms with Crippen LogP contribution in [-0.4, -0.2) is 22.8 Å². The van der Waals surface area contributed by atoms with Crippen molar-refractivity contribution in [2.45, 2.75) is 62.6 Å². The van der Waals surface area contributed by atoms with Crippen LogP contribution in [0.2, 0.25) is 0 Å². The van der Waals surface area contributed by atoms with Crippen LogP contribution >= 0.6 is 0 Å². The second-order valence-corrected chi connectivity index (χ2v) is 9.85. The van der Waals surface area contributed by atoms with Gasteiger partial charge in [-0.3, -0.25) is 9.59 Å². The summed E-state index contributed by atoms with van der Waals surface area (Å²) >= 11 is 0. The summed E-state index contributed by atoms with van der Waals surface area (Å²) < 4.78 is 88.2. The normalized spacial score (nSPS) is 20.3. The minimum absolute atomic E-state index is 0.0343. The maximum absolute atomic E-state index is 13.8. The Kier molecular flexibility index (Phi) is 6.94. The van der Waals surface area contributed by atoms with Crippen LogP contribution in [0.4, 0.5) is 26.3 Å². The molecule has 2 atom stereocenters. The Balaban J connectivity index is 1.72. The van der Waals surface area contributed by atoms with Gasteiger partial charge in [0.05, 0.1) is 35.9 Å². The first-order valence-electron chi connectivity index (χ1n) is 12.5. The monoisotopic (exact) mass is 550 g/mol. The van der Waals surface area contributed by atoms with E-state index in [1.165, 1.54) is 24.5 Å². The fraction of sp³-hybridized carbons (Fsp3) is 0.357. The van der Waals surface area contributed by atoms with Gasteiger partial charge in [-0.1, -0.05) is 31.0 Å². The quantitative estimate of drug-likeness (QED) is 0.353. The number of nitrogens with zero attached hydrogens (tertiary/aromatic N) is 1. The SMILES string of the molecule is O=C(NC1CCCC1)C1c2ccccc2C(=O)N(Cc2ccco2)C1c1cc(C(F)(F)F)cc(C(F)(F)F)c1. The fourth-order valence-corrected chi connectivity index (χ4v) is 5.50. The number of halogens is 6. The van der Waals surface area contributed by atoms with Crippen LogP contribution in [0.25, 0.3) is 0 Å². The molecular formula is C28H24F6N2O3. The lowest BCUT2D eigenvalue weighted by molar-refractivity contribution is -0.143. The third-order valence-corrected chi connectivity index (χ3v) is 7.28. The van der Waals surface area contributed by atoms with Crippen LogP contribution in [0.1, 0.15) is 76.0 Å². The van der Waals surface area contributed by atoms with Crippen molar-refractivity contribution < 1.29 is 40.3 Å². The molecule has 3 aromatic rings. The lowest BCUT2D eigenvalue weighted by Crippen LogP contribution is -2.48. The van der Waals surface area contributed by atoms with Gasteiger partial charge in [0.25, 0.3) is 5.91 Å². The zero-order valence-corrected chi connectivity index (χ0v) is 20.5. The van der Waals surface area contributed by atoms with Crippen molar-refractivity contribution in [2.75, 3.05) is 0 Å². The number of rotatable bonds is 5. The van der Waals surface area contributed by atoms with E-state index in [1.807, 2.05) is 0 Å². The number of carbonyl (C=O) groups is 2. The average Bonchev–Trinajstić information content (AvgIpc) is 3.58. The number of hydrogen-bond acceptors (Lipinski definition) is 3. The molecule has 1 aliphatic carbocycles. The lowest BCUT2D eigenvalue weighted by atomic mass is 9.78. The molecule has 0 saturated heterocycles. The zero-order chi connectivity index (χ0) is 27.9. The first kappa shape index (κ1) is 26.8. The van der Waals surface area contributed by atoms with Crippen molar-refractivity contribution in [1.29, 1.82) is 0 Å². The van der Waals surface area contributed by atoms with Gasteiger partial charge >= 0.3 is 12.4 Å². The van der Waals surface area contributed by atoms with Gasteiger partial charge in [0.1, 0.15) is 5.76 Å². The molecule has 2 aliphatic rings. The molecule has 0 spiro atoms. The summed E-state index contributed by atoms with van der Waals surface area (Å²) in [6, 6.07) is 8.82. The zero-order valence-electron chi connectivity index (χ0n) is 20.5. The van der Waals surface area contributed by atoms with Crippen LogP contribution in [0, 0.1) is 0 Å². The molecule has 11 heteroatoms. The molecule has 1 saturated carbocycles. The van der Waals surface area contributed by atoms with Crippen molar-refractivity contribution in [2.24, 2.45) is 0 Å². The number of benzene rings is 2. The van der Waals surface area contributed by atoms with Gasteiger partial charge in [-0.15, -0.1) is 0 Å². The third kappa shape index (κ3) is 5.39. The van der Waals surface area contributed by atoms with Crippen LogP contribution in [0.15, 0.2) is 65.3 Å². The standard InChI is InChI=1S/C28H24F6N2O3/c29-27(30,31)17-12-16(13-18(14-17)28(32,33)34)24-23(25(37)35-19-6-1-2-7-19)21-9-3-4-10-22(21)26(38)36(24)15-20-8-5-11-39-20/h3-5,8-14,19,23-24H,1-2,6-7,15H2,(H,35,37). The highest BCUT2D eigenvalue weighted by Crippen LogP contribution is 2.46. The molecule has 0 radical (unpaired) electrons. The lowest BCUT2D eigenvalue weighted by Gasteiger charge is -2.42. The van der Waals surface area contributed by atoms with Crippen molar-refractivity contribution in [3.8, 4) is 0 Å². The number of carbonyl (C=O) groups excluding carboxylic acids is 2. The smallest absolute Gasteiger partial charge is 0.416 e. The fourth-order valence-electron chi connectivity index (χ4n) is 5.50. The molecule has 206 valence electrons. The maximum atomic E-state index is 13.8. The first-order valence-corrected chi connectivity index (χ1v) is 12.5. The molecule has 0 bridgehead atoms. The van der Waals surface area contributed by atoms with Crippen molar-refractivity contribution in [1.82, 2.24) is 10.2 Å². The van der Waals surface area contributed by atoms with Gasteiger partial charge in [-0.05, 0) is 60.4 Å². The highest BCUT2D eigenvalue weighted by Gasteiger charge is 2.47. The number of hydrogen-bond donors (Lipinski definition) is 1. The third-order valence-electron chi connectivity index (χ3n) is 7.28. The van der Waals surface area contributed by atoms with Gasteiger partial charge in [0.15, 0.2) is 0 Å².